The molecule has 0 saturated heterocycles. The van der Waals surface area contributed by atoms with Gasteiger partial charge in [-0.2, -0.15) is 0 Å². The first kappa shape index (κ1) is 14.8. The van der Waals surface area contributed by atoms with E-state index in [-0.39, 0.29) is 5.97 Å². The molecule has 4 heteroatoms. The van der Waals surface area contributed by atoms with E-state index in [0.29, 0.717) is 18.8 Å². The molecule has 2 aromatic carbocycles. The zero-order valence-corrected chi connectivity index (χ0v) is 12.7. The lowest BCUT2D eigenvalue weighted by Gasteiger charge is -2.07. The van der Waals surface area contributed by atoms with Crippen LogP contribution in [0.5, 0.6) is 0 Å². The lowest BCUT2D eigenvalue weighted by molar-refractivity contribution is 0.0600. The second kappa shape index (κ2) is 7.22. The van der Waals surface area contributed by atoms with Gasteiger partial charge in [0.25, 0.3) is 0 Å². The van der Waals surface area contributed by atoms with E-state index in [1.807, 2.05) is 36.4 Å². The first-order valence-electron chi connectivity index (χ1n) is 6.19. The molecule has 3 nitrogen and oxygen atoms in total. The smallest absolute Gasteiger partial charge is 0.337 e. The molecular weight excluding hydrogens is 320 g/mol. The Kier molecular flexibility index (Phi) is 5.32. The summed E-state index contributed by atoms with van der Waals surface area (Å²) in [5.74, 6) is -0.328. The van der Waals surface area contributed by atoms with Crippen molar-refractivity contribution in [3.05, 3.63) is 69.7 Å². The molecule has 0 aliphatic rings. The molecule has 0 aromatic heterocycles. The summed E-state index contributed by atoms with van der Waals surface area (Å²) in [5.41, 5.74) is 2.67. The molecule has 0 spiro atoms. The monoisotopic (exact) mass is 334 g/mol. The molecule has 0 fully saturated rings. The molecule has 2 aromatic rings. The summed E-state index contributed by atoms with van der Waals surface area (Å²) in [7, 11) is 1.37. The van der Waals surface area contributed by atoms with Crippen LogP contribution >= 0.6 is 15.9 Å². The Morgan fingerprint density at radius 3 is 2.40 bits per heavy atom. The van der Waals surface area contributed by atoms with Crippen LogP contribution in [0, 0.1) is 0 Å². The Balaban J connectivity index is 1.88. The number of hydrogen-bond donors (Lipinski definition) is 0. The number of hydrogen-bond acceptors (Lipinski definition) is 3. The van der Waals surface area contributed by atoms with Crippen molar-refractivity contribution in [1.82, 2.24) is 0 Å². The largest absolute Gasteiger partial charge is 0.465 e. The summed E-state index contributed by atoms with van der Waals surface area (Å²) in [6.45, 7) is 1.04. The van der Waals surface area contributed by atoms with Crippen molar-refractivity contribution >= 4 is 21.9 Å². The Morgan fingerprint density at radius 1 is 1.05 bits per heavy atom. The van der Waals surface area contributed by atoms with Crippen LogP contribution in [0.25, 0.3) is 0 Å². The van der Waals surface area contributed by atoms with Gasteiger partial charge in [0.1, 0.15) is 0 Å². The lowest BCUT2D eigenvalue weighted by atomic mass is 10.1. The molecule has 2 rings (SSSR count). The SMILES string of the molecule is COC(=O)c1ccc(COCc2ccccc2Br)cc1. The van der Waals surface area contributed by atoms with Crippen LogP contribution in [-0.4, -0.2) is 13.1 Å². The molecule has 0 heterocycles. The van der Waals surface area contributed by atoms with E-state index < -0.39 is 0 Å². The van der Waals surface area contributed by atoms with E-state index >= 15 is 0 Å². The van der Waals surface area contributed by atoms with Crippen molar-refractivity contribution < 1.29 is 14.3 Å². The van der Waals surface area contributed by atoms with Gasteiger partial charge in [-0.3, -0.25) is 0 Å². The van der Waals surface area contributed by atoms with Gasteiger partial charge in [0.05, 0.1) is 25.9 Å². The number of esters is 1. The zero-order valence-electron chi connectivity index (χ0n) is 11.1. The van der Waals surface area contributed by atoms with E-state index in [1.54, 1.807) is 12.1 Å². The van der Waals surface area contributed by atoms with Crippen LogP contribution in [0.1, 0.15) is 21.5 Å². The minimum atomic E-state index is -0.328. The molecule has 0 amide bonds. The summed E-state index contributed by atoms with van der Waals surface area (Å²) in [6, 6.07) is 15.2. The molecule has 0 aliphatic carbocycles. The normalized spacial score (nSPS) is 10.3. The predicted molar refractivity (Wildman–Crippen MR) is 80.4 cm³/mol. The minimum Gasteiger partial charge on any atom is -0.465 e. The Morgan fingerprint density at radius 2 is 1.75 bits per heavy atom. The summed E-state index contributed by atoms with van der Waals surface area (Å²) >= 11 is 3.48. The zero-order chi connectivity index (χ0) is 14.4. The molecule has 0 atom stereocenters. The average molecular weight is 335 g/mol. The van der Waals surface area contributed by atoms with E-state index in [2.05, 4.69) is 20.7 Å². The number of halogens is 1. The van der Waals surface area contributed by atoms with Crippen LogP contribution in [0.3, 0.4) is 0 Å². The van der Waals surface area contributed by atoms with Crippen LogP contribution in [-0.2, 0) is 22.7 Å². The molecule has 0 radical (unpaired) electrons. The summed E-state index contributed by atoms with van der Waals surface area (Å²) in [4.78, 5) is 11.3. The van der Waals surface area contributed by atoms with Gasteiger partial charge in [-0.15, -0.1) is 0 Å². The molecular formula is C16H15BrO3. The van der Waals surface area contributed by atoms with Crippen LogP contribution in [0.15, 0.2) is 53.0 Å². The maximum Gasteiger partial charge on any atom is 0.337 e. The van der Waals surface area contributed by atoms with Crippen molar-refractivity contribution in [3.8, 4) is 0 Å². The van der Waals surface area contributed by atoms with Gasteiger partial charge in [0.15, 0.2) is 0 Å². The molecule has 0 saturated carbocycles. The molecule has 104 valence electrons. The van der Waals surface area contributed by atoms with Gasteiger partial charge >= 0.3 is 5.97 Å². The first-order chi connectivity index (χ1) is 9.70. The molecule has 0 N–H and O–H groups in total. The number of benzene rings is 2. The molecule has 0 bridgehead atoms. The number of ether oxygens (including phenoxy) is 2. The van der Waals surface area contributed by atoms with Crippen molar-refractivity contribution in [2.75, 3.05) is 7.11 Å². The number of rotatable bonds is 5. The quantitative estimate of drug-likeness (QED) is 0.776. The highest BCUT2D eigenvalue weighted by Crippen LogP contribution is 2.17. The second-order valence-electron chi connectivity index (χ2n) is 4.27. The first-order valence-corrected chi connectivity index (χ1v) is 6.98. The third-order valence-electron chi connectivity index (χ3n) is 2.86. The Bertz CT molecular complexity index is 579. The van der Waals surface area contributed by atoms with Gasteiger partial charge in [0.2, 0.25) is 0 Å². The van der Waals surface area contributed by atoms with Crippen molar-refractivity contribution in [1.29, 1.82) is 0 Å². The maximum absolute atomic E-state index is 11.3. The summed E-state index contributed by atoms with van der Waals surface area (Å²) in [6.07, 6.45) is 0. The maximum atomic E-state index is 11.3. The lowest BCUT2D eigenvalue weighted by Crippen LogP contribution is -2.01. The van der Waals surface area contributed by atoms with Gasteiger partial charge in [-0.05, 0) is 29.3 Å². The Labute approximate surface area is 126 Å². The van der Waals surface area contributed by atoms with Crippen molar-refractivity contribution in [2.45, 2.75) is 13.2 Å². The highest BCUT2D eigenvalue weighted by Gasteiger charge is 2.04. The predicted octanol–water partition coefficient (Wildman–Crippen LogP) is 3.95. The number of methoxy groups -OCH3 is 1. The topological polar surface area (TPSA) is 35.5 Å². The number of carbonyl (C=O) groups excluding carboxylic acids is 1. The highest BCUT2D eigenvalue weighted by molar-refractivity contribution is 9.10. The van der Waals surface area contributed by atoms with Crippen LogP contribution in [0.2, 0.25) is 0 Å². The highest BCUT2D eigenvalue weighted by atomic mass is 79.9. The van der Waals surface area contributed by atoms with Gasteiger partial charge in [-0.1, -0.05) is 46.3 Å². The van der Waals surface area contributed by atoms with Crippen LogP contribution in [0.4, 0.5) is 0 Å². The molecule has 0 unspecified atom stereocenters. The fourth-order valence-electron chi connectivity index (χ4n) is 1.75. The van der Waals surface area contributed by atoms with Gasteiger partial charge < -0.3 is 9.47 Å². The van der Waals surface area contributed by atoms with Crippen molar-refractivity contribution in [2.24, 2.45) is 0 Å². The Hall–Kier alpha value is -1.65. The van der Waals surface area contributed by atoms with E-state index in [1.165, 1.54) is 7.11 Å². The standard InChI is InChI=1S/C16H15BrO3/c1-19-16(18)13-8-6-12(7-9-13)10-20-11-14-4-2-3-5-15(14)17/h2-9H,10-11H2,1H3. The van der Waals surface area contributed by atoms with Crippen LogP contribution < -0.4 is 0 Å². The molecule has 0 aliphatic heterocycles. The van der Waals surface area contributed by atoms with E-state index in [9.17, 15) is 4.79 Å². The average Bonchev–Trinajstić information content (AvgIpc) is 2.49. The van der Waals surface area contributed by atoms with E-state index in [4.69, 9.17) is 4.74 Å². The third-order valence-corrected chi connectivity index (χ3v) is 3.63. The fourth-order valence-corrected chi connectivity index (χ4v) is 2.15. The minimum absolute atomic E-state index is 0.328. The van der Waals surface area contributed by atoms with Gasteiger partial charge in [0, 0.05) is 4.47 Å². The van der Waals surface area contributed by atoms with E-state index in [0.717, 1.165) is 15.6 Å². The second-order valence-corrected chi connectivity index (χ2v) is 5.13. The summed E-state index contributed by atoms with van der Waals surface area (Å²) in [5, 5.41) is 0. The molecule has 20 heavy (non-hydrogen) atoms. The van der Waals surface area contributed by atoms with Crippen molar-refractivity contribution in [3.63, 3.8) is 0 Å². The fraction of sp³-hybridized carbons (Fsp3) is 0.188. The summed E-state index contributed by atoms with van der Waals surface area (Å²) < 4.78 is 11.4. The third kappa shape index (κ3) is 3.92. The number of carbonyl (C=O) groups is 1. The van der Waals surface area contributed by atoms with Gasteiger partial charge in [-0.25, -0.2) is 4.79 Å².